The Labute approximate surface area is 429 Å². The molecule has 0 aliphatic heterocycles. The van der Waals surface area contributed by atoms with Crippen LogP contribution in [0.5, 0.6) is 0 Å². The number of rotatable bonds is 6. The molecule has 16 rings (SSSR count). The van der Waals surface area contributed by atoms with E-state index in [2.05, 4.69) is 267 Å². The molecule has 0 saturated carbocycles. The van der Waals surface area contributed by atoms with Crippen molar-refractivity contribution < 1.29 is 0 Å². The Morgan fingerprint density at radius 1 is 0.149 bits per heavy atom. The molecule has 340 valence electrons. The fourth-order valence-electron chi connectivity index (χ4n) is 13.3. The van der Waals surface area contributed by atoms with Crippen LogP contribution in [0, 0.1) is 0 Å². The minimum atomic E-state index is 1.22. The highest BCUT2D eigenvalue weighted by Gasteiger charge is 2.35. The van der Waals surface area contributed by atoms with E-state index >= 15 is 0 Å². The van der Waals surface area contributed by atoms with Crippen molar-refractivity contribution in [3.05, 3.63) is 267 Å². The molecule has 0 bridgehead atoms. The average Bonchev–Trinajstić information content (AvgIpc) is 4.02. The predicted octanol–water partition coefficient (Wildman–Crippen LogP) is 20.7. The molecule has 0 radical (unpaired) electrons. The lowest BCUT2D eigenvalue weighted by atomic mass is 9.78. The first-order valence-electron chi connectivity index (χ1n) is 25.8. The SMILES string of the molecule is c1ccc(-c2cc3c4c(cccc4c2)-c2c-3c(-c3ccccc3)c3ccc4c(ccc5c(-c6ccccc6)c6c(c(-c7ccccc7)c54)-c4cccc5cc(-c7ccccc7)cc-6c45)c3c2-c2ccccc2)cc1. The van der Waals surface area contributed by atoms with Crippen molar-refractivity contribution in [3.8, 4) is 111 Å². The summed E-state index contributed by atoms with van der Waals surface area (Å²) in [6, 6.07) is 100. The first-order valence-corrected chi connectivity index (χ1v) is 25.8. The first kappa shape index (κ1) is 41.0. The van der Waals surface area contributed by atoms with Crippen molar-refractivity contribution in [1.29, 1.82) is 0 Å². The Bertz CT molecular complexity index is 4330. The van der Waals surface area contributed by atoms with Gasteiger partial charge in [-0.15, -0.1) is 0 Å². The highest BCUT2D eigenvalue weighted by molar-refractivity contribution is 6.37. The van der Waals surface area contributed by atoms with E-state index in [1.54, 1.807) is 0 Å². The molecule has 0 fully saturated rings. The first-order chi connectivity index (χ1) is 36.8. The van der Waals surface area contributed by atoms with Gasteiger partial charge in [0.05, 0.1) is 0 Å². The minimum Gasteiger partial charge on any atom is -0.0622 e. The van der Waals surface area contributed by atoms with Gasteiger partial charge in [0.2, 0.25) is 0 Å². The second kappa shape index (κ2) is 15.9. The van der Waals surface area contributed by atoms with E-state index in [9.17, 15) is 0 Å². The van der Waals surface area contributed by atoms with Crippen molar-refractivity contribution >= 4 is 53.9 Å². The highest BCUT2D eigenvalue weighted by atomic mass is 14.4. The molecule has 0 amide bonds. The molecule has 0 heterocycles. The van der Waals surface area contributed by atoms with E-state index in [0.717, 1.165) is 0 Å². The fraction of sp³-hybridized carbons (Fsp3) is 0. The summed E-state index contributed by atoms with van der Waals surface area (Å²) < 4.78 is 0. The zero-order chi connectivity index (χ0) is 48.4. The van der Waals surface area contributed by atoms with E-state index in [-0.39, 0.29) is 0 Å². The van der Waals surface area contributed by atoms with Gasteiger partial charge in [-0.05, 0) is 189 Å². The van der Waals surface area contributed by atoms with Gasteiger partial charge in [-0.2, -0.15) is 0 Å². The summed E-state index contributed by atoms with van der Waals surface area (Å²) in [6.45, 7) is 0. The van der Waals surface area contributed by atoms with Crippen molar-refractivity contribution in [2.45, 2.75) is 0 Å². The average molecular weight is 933 g/mol. The molecule has 0 atom stereocenters. The van der Waals surface area contributed by atoms with Crippen molar-refractivity contribution in [2.75, 3.05) is 0 Å². The molecule has 2 aliphatic carbocycles. The summed E-state index contributed by atoms with van der Waals surface area (Å²) in [5.74, 6) is 0. The van der Waals surface area contributed by atoms with Crippen LogP contribution in [0.4, 0.5) is 0 Å². The van der Waals surface area contributed by atoms with Gasteiger partial charge in [0.1, 0.15) is 0 Å². The molecule has 2 aliphatic rings. The summed E-state index contributed by atoms with van der Waals surface area (Å²) in [6.07, 6.45) is 0. The van der Waals surface area contributed by atoms with Gasteiger partial charge in [0.15, 0.2) is 0 Å². The van der Waals surface area contributed by atoms with Crippen LogP contribution in [0.1, 0.15) is 0 Å². The van der Waals surface area contributed by atoms with Crippen LogP contribution in [0.3, 0.4) is 0 Å². The number of hydrogen-bond donors (Lipinski definition) is 0. The summed E-state index contributed by atoms with van der Waals surface area (Å²) in [5, 5.41) is 12.7. The lowest BCUT2D eigenvalue weighted by Gasteiger charge is -2.24. The topological polar surface area (TPSA) is 0 Å². The van der Waals surface area contributed by atoms with Gasteiger partial charge < -0.3 is 0 Å². The number of benzene rings is 14. The number of hydrogen-bond acceptors (Lipinski definition) is 0. The molecular formula is C74H44. The fourth-order valence-corrected chi connectivity index (χ4v) is 13.3. The monoisotopic (exact) mass is 932 g/mol. The zero-order valence-electron chi connectivity index (χ0n) is 40.4. The third kappa shape index (κ3) is 5.85. The summed E-state index contributed by atoms with van der Waals surface area (Å²) >= 11 is 0. The standard InChI is InChI=1S/C74H44/c1-7-21-45(22-8-1)53-41-51-33-19-35-57-63(51)61(43-53)73-65(47-25-11-3-12-26-47)59-39-37-56-55(69(59)67(71(57)73)49-29-15-5-16-30-49)38-40-60-66(48-27-13-4-14-28-48)74-62-44-54(46-23-9-2-10-24-46)42-52-34-20-36-58(64(52)62)72(74)68(70(56)60)50-31-17-6-18-32-50/h1-44H. The van der Waals surface area contributed by atoms with Gasteiger partial charge in [-0.3, -0.25) is 0 Å². The Morgan fingerprint density at radius 3 is 0.797 bits per heavy atom. The van der Waals surface area contributed by atoms with Gasteiger partial charge in [-0.25, -0.2) is 0 Å². The maximum Gasteiger partial charge on any atom is -0.000719 e. The van der Waals surface area contributed by atoms with Crippen LogP contribution in [0.2, 0.25) is 0 Å². The normalized spacial score (nSPS) is 12.1. The zero-order valence-corrected chi connectivity index (χ0v) is 40.4. The maximum absolute atomic E-state index is 2.47. The highest BCUT2D eigenvalue weighted by Crippen LogP contribution is 2.62. The van der Waals surface area contributed by atoms with Crippen molar-refractivity contribution in [1.82, 2.24) is 0 Å². The lowest BCUT2D eigenvalue weighted by molar-refractivity contribution is 1.62. The summed E-state index contributed by atoms with van der Waals surface area (Å²) in [5.41, 5.74) is 25.3. The Balaban J connectivity index is 1.11. The molecule has 0 N–H and O–H groups in total. The molecule has 0 unspecified atom stereocenters. The molecular weight excluding hydrogens is 889 g/mol. The molecule has 14 aromatic rings. The Kier molecular flexibility index (Phi) is 8.84. The second-order valence-corrected chi connectivity index (χ2v) is 20.1. The lowest BCUT2D eigenvalue weighted by Crippen LogP contribution is -1.97. The van der Waals surface area contributed by atoms with Crippen molar-refractivity contribution in [2.24, 2.45) is 0 Å². The molecule has 0 spiro atoms. The van der Waals surface area contributed by atoms with Crippen LogP contribution in [-0.4, -0.2) is 0 Å². The minimum absolute atomic E-state index is 1.22. The van der Waals surface area contributed by atoms with Gasteiger partial charge in [0, 0.05) is 0 Å². The molecule has 0 nitrogen and oxygen atoms in total. The molecule has 14 aromatic carbocycles. The molecule has 0 heteroatoms. The second-order valence-electron chi connectivity index (χ2n) is 20.1. The van der Waals surface area contributed by atoms with Crippen LogP contribution in [-0.2, 0) is 0 Å². The van der Waals surface area contributed by atoms with Crippen LogP contribution in [0.25, 0.3) is 165 Å². The third-order valence-corrected chi connectivity index (χ3v) is 16.2. The predicted molar refractivity (Wildman–Crippen MR) is 315 cm³/mol. The van der Waals surface area contributed by atoms with Gasteiger partial charge in [-0.1, -0.05) is 243 Å². The molecule has 74 heavy (non-hydrogen) atoms. The van der Waals surface area contributed by atoms with E-state index in [4.69, 9.17) is 0 Å². The Morgan fingerprint density at radius 2 is 0.446 bits per heavy atom. The van der Waals surface area contributed by atoms with Gasteiger partial charge in [0.25, 0.3) is 0 Å². The van der Waals surface area contributed by atoms with Crippen LogP contribution < -0.4 is 0 Å². The molecule has 0 aromatic heterocycles. The van der Waals surface area contributed by atoms with E-state index in [0.29, 0.717) is 0 Å². The summed E-state index contributed by atoms with van der Waals surface area (Å²) in [4.78, 5) is 0. The Hall–Kier alpha value is -9.62. The maximum atomic E-state index is 2.47. The number of fused-ring (bicyclic) bond motifs is 11. The van der Waals surface area contributed by atoms with Crippen molar-refractivity contribution in [3.63, 3.8) is 0 Å². The van der Waals surface area contributed by atoms with E-state index in [1.807, 2.05) is 0 Å². The largest absolute Gasteiger partial charge is 0.0622 e. The van der Waals surface area contributed by atoms with Crippen LogP contribution in [0.15, 0.2) is 267 Å². The summed E-state index contributed by atoms with van der Waals surface area (Å²) in [7, 11) is 0. The van der Waals surface area contributed by atoms with E-state index in [1.165, 1.54) is 165 Å². The van der Waals surface area contributed by atoms with E-state index < -0.39 is 0 Å². The third-order valence-electron chi connectivity index (χ3n) is 16.2. The van der Waals surface area contributed by atoms with Gasteiger partial charge >= 0.3 is 0 Å². The quantitative estimate of drug-likeness (QED) is 0.146. The van der Waals surface area contributed by atoms with Crippen LogP contribution >= 0.6 is 0 Å². The smallest absolute Gasteiger partial charge is 0.000719 e. The molecule has 0 saturated heterocycles.